The van der Waals surface area contributed by atoms with Crippen molar-refractivity contribution >= 4 is 6.03 Å². The van der Waals surface area contributed by atoms with Gasteiger partial charge in [-0.25, -0.2) is 4.79 Å². The number of nitrogens with zero attached hydrogens (tertiary/aromatic N) is 1. The normalized spacial score (nSPS) is 10.2. The summed E-state index contributed by atoms with van der Waals surface area (Å²) in [6, 6.07) is -0.0513. The van der Waals surface area contributed by atoms with E-state index in [0.717, 1.165) is 6.42 Å². The fraction of sp³-hybridized carbons (Fsp3) is 0.889. The highest BCUT2D eigenvalue weighted by molar-refractivity contribution is 5.73. The molecule has 0 atom stereocenters. The van der Waals surface area contributed by atoms with Gasteiger partial charge in [-0.1, -0.05) is 0 Å². The van der Waals surface area contributed by atoms with Crippen molar-refractivity contribution < 1.29 is 9.53 Å². The van der Waals surface area contributed by atoms with Gasteiger partial charge in [0.2, 0.25) is 0 Å². The van der Waals surface area contributed by atoms with Gasteiger partial charge in [-0.15, -0.1) is 0 Å². The van der Waals surface area contributed by atoms with Crippen molar-refractivity contribution in [3.8, 4) is 0 Å². The van der Waals surface area contributed by atoms with Gasteiger partial charge in [0.15, 0.2) is 0 Å². The summed E-state index contributed by atoms with van der Waals surface area (Å²) >= 11 is 0. The molecule has 0 spiro atoms. The number of hydrogen-bond donors (Lipinski definition) is 1. The van der Waals surface area contributed by atoms with Crippen LogP contribution in [-0.4, -0.2) is 44.3 Å². The average Bonchev–Trinajstić information content (AvgIpc) is 2.02. The highest BCUT2D eigenvalue weighted by atomic mass is 16.5. The molecule has 0 aromatic heterocycles. The van der Waals surface area contributed by atoms with Gasteiger partial charge in [-0.05, 0) is 20.3 Å². The molecule has 0 aliphatic carbocycles. The molecular weight excluding hydrogens is 168 g/mol. The Balaban J connectivity index is 3.21. The lowest BCUT2D eigenvalue weighted by atomic mass is 10.4. The maximum absolute atomic E-state index is 11.0. The van der Waals surface area contributed by atoms with Crippen molar-refractivity contribution in [1.82, 2.24) is 10.2 Å². The van der Waals surface area contributed by atoms with Gasteiger partial charge in [0, 0.05) is 27.2 Å². The molecule has 13 heavy (non-hydrogen) atoms. The van der Waals surface area contributed by atoms with Crippen molar-refractivity contribution in [3.05, 3.63) is 0 Å². The third kappa shape index (κ3) is 7.59. The van der Waals surface area contributed by atoms with E-state index in [2.05, 4.69) is 5.32 Å². The zero-order valence-electron chi connectivity index (χ0n) is 8.96. The summed E-state index contributed by atoms with van der Waals surface area (Å²) in [6.45, 7) is 5.37. The van der Waals surface area contributed by atoms with E-state index >= 15 is 0 Å². The third-order valence-corrected chi connectivity index (χ3v) is 1.45. The Morgan fingerprint density at radius 1 is 1.46 bits per heavy atom. The molecule has 0 fully saturated rings. The first-order chi connectivity index (χ1) is 6.04. The minimum absolute atomic E-state index is 0.0513. The molecule has 0 bridgehead atoms. The monoisotopic (exact) mass is 188 g/mol. The van der Waals surface area contributed by atoms with Gasteiger partial charge in [-0.2, -0.15) is 0 Å². The lowest BCUT2D eigenvalue weighted by molar-refractivity contribution is 0.0772. The minimum Gasteiger partial charge on any atom is -0.379 e. The van der Waals surface area contributed by atoms with E-state index in [0.29, 0.717) is 13.2 Å². The molecular formula is C9H20N2O2. The van der Waals surface area contributed by atoms with Crippen molar-refractivity contribution in [2.75, 3.05) is 27.2 Å². The summed E-state index contributed by atoms with van der Waals surface area (Å²) in [6.07, 6.45) is 1.13. The fourth-order valence-electron chi connectivity index (χ4n) is 0.745. The van der Waals surface area contributed by atoms with Crippen LogP contribution in [0.15, 0.2) is 0 Å². The van der Waals surface area contributed by atoms with Gasteiger partial charge in [0.05, 0.1) is 6.10 Å². The van der Waals surface area contributed by atoms with Gasteiger partial charge in [0.25, 0.3) is 0 Å². The van der Waals surface area contributed by atoms with Crippen LogP contribution < -0.4 is 5.32 Å². The molecule has 0 unspecified atom stereocenters. The predicted molar refractivity (Wildman–Crippen MR) is 52.8 cm³/mol. The lowest BCUT2D eigenvalue weighted by Crippen LogP contribution is -2.35. The second-order valence-corrected chi connectivity index (χ2v) is 3.40. The first-order valence-corrected chi connectivity index (χ1v) is 4.60. The van der Waals surface area contributed by atoms with Crippen LogP contribution in [0.3, 0.4) is 0 Å². The largest absolute Gasteiger partial charge is 0.379 e. The van der Waals surface area contributed by atoms with E-state index in [9.17, 15) is 4.79 Å². The summed E-state index contributed by atoms with van der Waals surface area (Å²) in [5, 5.41) is 2.76. The van der Waals surface area contributed by atoms with Crippen LogP contribution in [-0.2, 0) is 4.74 Å². The summed E-state index contributed by atoms with van der Waals surface area (Å²) in [5.74, 6) is 0. The molecule has 0 aliphatic heterocycles. The fourth-order valence-corrected chi connectivity index (χ4v) is 0.745. The minimum atomic E-state index is -0.0513. The van der Waals surface area contributed by atoms with E-state index < -0.39 is 0 Å². The standard InChI is InChI=1S/C9H20N2O2/c1-8(2)13-7-5-6-10-9(12)11(3)4/h8H,5-7H2,1-4H3,(H,10,12). The Hall–Kier alpha value is -0.770. The molecule has 0 aromatic rings. The lowest BCUT2D eigenvalue weighted by Gasteiger charge is -2.12. The summed E-state index contributed by atoms with van der Waals surface area (Å²) in [4.78, 5) is 12.5. The van der Waals surface area contributed by atoms with E-state index in [1.807, 2.05) is 13.8 Å². The van der Waals surface area contributed by atoms with Gasteiger partial charge < -0.3 is 15.0 Å². The SMILES string of the molecule is CC(C)OCCCNC(=O)N(C)C. The van der Waals surface area contributed by atoms with Gasteiger partial charge in [0.1, 0.15) is 0 Å². The topological polar surface area (TPSA) is 41.6 Å². The molecule has 2 amide bonds. The zero-order valence-corrected chi connectivity index (χ0v) is 8.96. The molecule has 0 aromatic carbocycles. The van der Waals surface area contributed by atoms with Crippen molar-refractivity contribution in [1.29, 1.82) is 0 Å². The van der Waals surface area contributed by atoms with Crippen LogP contribution in [0.2, 0.25) is 0 Å². The van der Waals surface area contributed by atoms with Crippen LogP contribution in [0.1, 0.15) is 20.3 Å². The number of urea groups is 1. The molecule has 4 nitrogen and oxygen atoms in total. The van der Waals surface area contributed by atoms with E-state index in [1.54, 1.807) is 14.1 Å². The van der Waals surface area contributed by atoms with Crippen molar-refractivity contribution in [2.24, 2.45) is 0 Å². The smallest absolute Gasteiger partial charge is 0.316 e. The van der Waals surface area contributed by atoms with Crippen LogP contribution >= 0.6 is 0 Å². The van der Waals surface area contributed by atoms with Crippen molar-refractivity contribution in [3.63, 3.8) is 0 Å². The van der Waals surface area contributed by atoms with Crippen LogP contribution in [0.5, 0.6) is 0 Å². The Kier molecular flexibility index (Phi) is 6.32. The molecule has 0 saturated carbocycles. The number of ether oxygens (including phenoxy) is 1. The van der Waals surface area contributed by atoms with Crippen LogP contribution in [0.25, 0.3) is 0 Å². The van der Waals surface area contributed by atoms with E-state index in [4.69, 9.17) is 4.74 Å². The second-order valence-electron chi connectivity index (χ2n) is 3.40. The second kappa shape index (κ2) is 6.71. The highest BCUT2D eigenvalue weighted by Gasteiger charge is 2.00. The Morgan fingerprint density at radius 2 is 2.08 bits per heavy atom. The highest BCUT2D eigenvalue weighted by Crippen LogP contribution is 1.89. The Morgan fingerprint density at radius 3 is 2.54 bits per heavy atom. The first kappa shape index (κ1) is 12.2. The molecule has 0 saturated heterocycles. The number of carbonyl (C=O) groups excluding carboxylic acids is 1. The number of hydrogen-bond acceptors (Lipinski definition) is 2. The number of rotatable bonds is 5. The van der Waals surface area contributed by atoms with Crippen LogP contribution in [0, 0.1) is 0 Å². The maximum Gasteiger partial charge on any atom is 0.316 e. The van der Waals surface area contributed by atoms with Crippen molar-refractivity contribution in [2.45, 2.75) is 26.4 Å². The summed E-state index contributed by atoms with van der Waals surface area (Å²) in [5.41, 5.74) is 0. The van der Waals surface area contributed by atoms with Gasteiger partial charge >= 0.3 is 6.03 Å². The number of amides is 2. The summed E-state index contributed by atoms with van der Waals surface area (Å²) < 4.78 is 5.32. The maximum atomic E-state index is 11.0. The molecule has 4 heteroatoms. The molecule has 0 heterocycles. The molecule has 1 N–H and O–H groups in total. The van der Waals surface area contributed by atoms with Crippen LogP contribution in [0.4, 0.5) is 4.79 Å². The molecule has 0 aliphatic rings. The number of carbonyl (C=O) groups is 1. The Labute approximate surface area is 80.2 Å². The van der Waals surface area contributed by atoms with Gasteiger partial charge in [-0.3, -0.25) is 0 Å². The predicted octanol–water partition coefficient (Wildman–Crippen LogP) is 1.07. The molecule has 0 rings (SSSR count). The molecule has 78 valence electrons. The third-order valence-electron chi connectivity index (χ3n) is 1.45. The number of nitrogens with one attached hydrogen (secondary N) is 1. The zero-order chi connectivity index (χ0) is 10.3. The van der Waals surface area contributed by atoms with E-state index in [-0.39, 0.29) is 12.1 Å². The first-order valence-electron chi connectivity index (χ1n) is 4.60. The Bertz CT molecular complexity index is 147. The molecule has 0 radical (unpaired) electrons. The average molecular weight is 188 g/mol. The van der Waals surface area contributed by atoms with E-state index in [1.165, 1.54) is 4.90 Å². The summed E-state index contributed by atoms with van der Waals surface area (Å²) in [7, 11) is 3.44. The quantitative estimate of drug-likeness (QED) is 0.656.